The monoisotopic (exact) mass is 567 g/mol. The number of guanidine groups is 1. The molecule has 1 heterocycles. The number of imidazole rings is 1. The van der Waals surface area contributed by atoms with Crippen LogP contribution in [0.2, 0.25) is 0 Å². The molecule has 1 aromatic heterocycles. The molecule has 0 fully saturated rings. The zero-order valence-electron chi connectivity index (χ0n) is 22.3. The van der Waals surface area contributed by atoms with Crippen molar-refractivity contribution >= 4 is 35.6 Å². The molecule has 0 saturated carbocycles. The molecule has 0 spiro atoms. The maximum Gasteiger partial charge on any atom is 0.326 e. The quantitative estimate of drug-likeness (QED) is 0.0414. The maximum atomic E-state index is 13.2. The van der Waals surface area contributed by atoms with Crippen molar-refractivity contribution in [2.75, 3.05) is 13.1 Å². The summed E-state index contributed by atoms with van der Waals surface area (Å²) in [5.41, 5.74) is 27.9. The van der Waals surface area contributed by atoms with Crippen molar-refractivity contribution in [3.63, 3.8) is 0 Å². The molecule has 15 N–H and O–H groups in total. The van der Waals surface area contributed by atoms with Crippen molar-refractivity contribution in [3.8, 4) is 0 Å². The van der Waals surface area contributed by atoms with E-state index < -0.39 is 53.8 Å². The van der Waals surface area contributed by atoms with E-state index >= 15 is 0 Å². The number of carboxylic acid groups (broad SMARTS) is 1. The molecule has 40 heavy (non-hydrogen) atoms. The Balaban J connectivity index is 3.02. The van der Waals surface area contributed by atoms with Crippen LogP contribution in [-0.4, -0.2) is 87.9 Å². The summed E-state index contributed by atoms with van der Waals surface area (Å²) < 4.78 is 0. The van der Waals surface area contributed by atoms with Crippen molar-refractivity contribution in [1.82, 2.24) is 25.9 Å². The molecule has 0 aliphatic rings. The van der Waals surface area contributed by atoms with E-state index in [1.54, 1.807) is 0 Å². The number of amides is 4. The fraction of sp³-hybridized carbons (Fsp3) is 0.609. The number of carboxylic acids is 1. The largest absolute Gasteiger partial charge is 0.480 e. The zero-order valence-corrected chi connectivity index (χ0v) is 22.3. The Labute approximate surface area is 231 Å². The van der Waals surface area contributed by atoms with Crippen LogP contribution < -0.4 is 44.6 Å². The van der Waals surface area contributed by atoms with Crippen LogP contribution >= 0.6 is 0 Å². The Kier molecular flexibility index (Phi) is 15.3. The number of primary amides is 1. The molecule has 0 aliphatic carbocycles. The van der Waals surface area contributed by atoms with Crippen LogP contribution in [-0.2, 0) is 30.4 Å². The molecule has 1 rings (SSSR count). The molecule has 1 aromatic rings. The van der Waals surface area contributed by atoms with Crippen molar-refractivity contribution in [2.45, 2.75) is 75.5 Å². The van der Waals surface area contributed by atoms with Crippen molar-refractivity contribution < 1.29 is 29.1 Å². The molecule has 0 bridgehead atoms. The summed E-state index contributed by atoms with van der Waals surface area (Å²) in [7, 11) is 0. The number of aromatic nitrogens is 2. The smallest absolute Gasteiger partial charge is 0.326 e. The number of nitrogens with one attached hydrogen (secondary N) is 4. The van der Waals surface area contributed by atoms with Crippen molar-refractivity contribution in [2.24, 2.45) is 33.7 Å². The number of H-pyrrole nitrogens is 1. The number of aliphatic carboxylic acids is 1. The average molecular weight is 568 g/mol. The molecule has 4 unspecified atom stereocenters. The molecular weight excluding hydrogens is 526 g/mol. The molecule has 0 aromatic carbocycles. The Hall–Kier alpha value is -4.25. The van der Waals surface area contributed by atoms with E-state index in [-0.39, 0.29) is 51.0 Å². The van der Waals surface area contributed by atoms with Gasteiger partial charge in [0.15, 0.2) is 5.96 Å². The number of unbranched alkanes of at least 4 members (excludes halogenated alkanes) is 1. The number of aromatic amines is 1. The van der Waals surface area contributed by atoms with Gasteiger partial charge in [0.2, 0.25) is 23.6 Å². The normalized spacial score (nSPS) is 13.8. The Morgan fingerprint density at radius 2 is 1.50 bits per heavy atom. The first kappa shape index (κ1) is 33.8. The first-order valence-electron chi connectivity index (χ1n) is 12.8. The van der Waals surface area contributed by atoms with E-state index in [9.17, 15) is 29.1 Å². The first-order chi connectivity index (χ1) is 18.9. The highest BCUT2D eigenvalue weighted by Gasteiger charge is 2.30. The minimum absolute atomic E-state index is 0.0410. The summed E-state index contributed by atoms with van der Waals surface area (Å²) in [4.78, 5) is 72.6. The standard InChI is InChI=1S/C23H41N11O6/c24-8-2-1-4-17(22(39)40)34-20(37)15(5-3-9-30-23(27)28)33-21(38)16(6-7-18(26)35)32-19(36)14(25)10-13-11-29-12-31-13/h11-12,14-17H,1-10,24-25H2,(H2,26,35)(H,29,31)(H,32,36)(H,33,38)(H,34,37)(H,39,40)(H4,27,28,30). The summed E-state index contributed by atoms with van der Waals surface area (Å²) >= 11 is 0. The molecule has 4 atom stereocenters. The van der Waals surface area contributed by atoms with E-state index in [1.165, 1.54) is 12.5 Å². The molecule has 224 valence electrons. The number of hydrogen-bond acceptors (Lipinski definition) is 9. The van der Waals surface area contributed by atoms with Crippen LogP contribution in [0.3, 0.4) is 0 Å². The highest BCUT2D eigenvalue weighted by atomic mass is 16.4. The van der Waals surface area contributed by atoms with Crippen LogP contribution in [0.15, 0.2) is 17.5 Å². The second-order valence-electron chi connectivity index (χ2n) is 9.15. The number of nitrogens with two attached hydrogens (primary N) is 5. The lowest BCUT2D eigenvalue weighted by molar-refractivity contribution is -0.142. The van der Waals surface area contributed by atoms with E-state index in [1.807, 2.05) is 0 Å². The van der Waals surface area contributed by atoms with Gasteiger partial charge in [-0.3, -0.25) is 24.2 Å². The van der Waals surface area contributed by atoms with Crippen LogP contribution in [0, 0.1) is 0 Å². The maximum absolute atomic E-state index is 13.2. The topological polar surface area (TPSA) is 313 Å². The summed E-state index contributed by atoms with van der Waals surface area (Å²) in [5, 5.41) is 17.0. The molecular formula is C23H41N11O6. The minimum atomic E-state index is -1.26. The zero-order chi connectivity index (χ0) is 30.1. The predicted octanol–water partition coefficient (Wildman–Crippen LogP) is -3.73. The van der Waals surface area contributed by atoms with Crippen LogP contribution in [0.25, 0.3) is 0 Å². The number of carbonyl (C=O) groups is 5. The van der Waals surface area contributed by atoms with Crippen LogP contribution in [0.4, 0.5) is 0 Å². The van der Waals surface area contributed by atoms with Gasteiger partial charge in [-0.05, 0) is 45.1 Å². The lowest BCUT2D eigenvalue weighted by Gasteiger charge is -2.25. The van der Waals surface area contributed by atoms with Gasteiger partial charge >= 0.3 is 5.97 Å². The Morgan fingerprint density at radius 1 is 0.900 bits per heavy atom. The fourth-order valence-corrected chi connectivity index (χ4v) is 3.63. The number of carbonyl (C=O) groups excluding carboxylic acids is 4. The van der Waals surface area contributed by atoms with Crippen LogP contribution in [0.5, 0.6) is 0 Å². The average Bonchev–Trinajstić information content (AvgIpc) is 3.40. The van der Waals surface area contributed by atoms with E-state index in [0.29, 0.717) is 25.1 Å². The van der Waals surface area contributed by atoms with Crippen molar-refractivity contribution in [1.29, 1.82) is 0 Å². The SMILES string of the molecule is NCCCCC(NC(=O)C(CCCN=C(N)N)NC(=O)C(CCC(N)=O)NC(=O)C(N)Cc1cnc[nH]1)C(=O)O. The number of aliphatic imine (C=N–C) groups is 1. The van der Waals surface area contributed by atoms with Gasteiger partial charge in [-0.15, -0.1) is 0 Å². The third kappa shape index (κ3) is 13.5. The van der Waals surface area contributed by atoms with Crippen molar-refractivity contribution in [3.05, 3.63) is 18.2 Å². The van der Waals surface area contributed by atoms with Gasteiger partial charge in [0.1, 0.15) is 18.1 Å². The summed E-state index contributed by atoms with van der Waals surface area (Å²) in [6.45, 7) is 0.513. The minimum Gasteiger partial charge on any atom is -0.480 e. The lowest BCUT2D eigenvalue weighted by Crippen LogP contribution is -2.57. The second-order valence-corrected chi connectivity index (χ2v) is 9.15. The molecule has 0 aliphatic heterocycles. The second kappa shape index (κ2) is 18.1. The Bertz CT molecular complexity index is 997. The number of hydrogen-bond donors (Lipinski definition) is 10. The van der Waals surface area contributed by atoms with Gasteiger partial charge in [-0.2, -0.15) is 0 Å². The third-order valence-corrected chi connectivity index (χ3v) is 5.78. The summed E-state index contributed by atoms with van der Waals surface area (Å²) in [6, 6.07) is -4.72. The highest BCUT2D eigenvalue weighted by Crippen LogP contribution is 2.07. The number of rotatable bonds is 20. The molecule has 17 nitrogen and oxygen atoms in total. The van der Waals surface area contributed by atoms with E-state index in [2.05, 4.69) is 30.9 Å². The molecule has 4 amide bonds. The van der Waals surface area contributed by atoms with E-state index in [0.717, 1.165) is 0 Å². The Morgan fingerprint density at radius 3 is 2.05 bits per heavy atom. The molecule has 0 saturated heterocycles. The fourth-order valence-electron chi connectivity index (χ4n) is 3.63. The van der Waals surface area contributed by atoms with Gasteiger partial charge in [0, 0.05) is 31.3 Å². The highest BCUT2D eigenvalue weighted by molar-refractivity contribution is 5.94. The lowest BCUT2D eigenvalue weighted by atomic mass is 10.0. The molecule has 0 radical (unpaired) electrons. The van der Waals surface area contributed by atoms with Gasteiger partial charge < -0.3 is 54.7 Å². The molecule has 17 heteroatoms. The summed E-state index contributed by atoms with van der Waals surface area (Å²) in [6.07, 6.45) is 4.10. The van der Waals surface area contributed by atoms with E-state index in [4.69, 9.17) is 28.7 Å². The van der Waals surface area contributed by atoms with Gasteiger partial charge in [0.05, 0.1) is 12.4 Å². The third-order valence-electron chi connectivity index (χ3n) is 5.78. The van der Waals surface area contributed by atoms with Gasteiger partial charge in [0.25, 0.3) is 0 Å². The van der Waals surface area contributed by atoms with Gasteiger partial charge in [-0.25, -0.2) is 9.78 Å². The summed E-state index contributed by atoms with van der Waals surface area (Å²) in [5.74, 6) is -4.33. The van der Waals surface area contributed by atoms with Crippen LogP contribution in [0.1, 0.15) is 50.6 Å². The predicted molar refractivity (Wildman–Crippen MR) is 145 cm³/mol. The van der Waals surface area contributed by atoms with Gasteiger partial charge in [-0.1, -0.05) is 0 Å². The number of nitrogens with zero attached hydrogens (tertiary/aromatic N) is 2. The first-order valence-corrected chi connectivity index (χ1v) is 12.8.